The van der Waals surface area contributed by atoms with Crippen molar-refractivity contribution in [3.63, 3.8) is 0 Å². The van der Waals surface area contributed by atoms with Crippen molar-refractivity contribution in [1.29, 1.82) is 0 Å². The van der Waals surface area contributed by atoms with Crippen LogP contribution in [0.1, 0.15) is 25.0 Å². The average molecular weight is 694 g/mol. The van der Waals surface area contributed by atoms with Crippen LogP contribution in [0.15, 0.2) is 185 Å². The highest BCUT2D eigenvalue weighted by Gasteiger charge is 2.36. The first-order valence-corrected chi connectivity index (χ1v) is 18.6. The van der Waals surface area contributed by atoms with Gasteiger partial charge in [0.05, 0.1) is 5.69 Å². The van der Waals surface area contributed by atoms with Crippen LogP contribution in [0.4, 0.5) is 17.1 Å². The molecule has 1 aliphatic rings. The van der Waals surface area contributed by atoms with Gasteiger partial charge in [-0.2, -0.15) is 0 Å². The van der Waals surface area contributed by atoms with Crippen LogP contribution in [0, 0.1) is 0 Å². The summed E-state index contributed by atoms with van der Waals surface area (Å²) in [6.45, 7) is 4.69. The first-order valence-electron chi connectivity index (χ1n) is 18.6. The molecule has 11 rings (SSSR count). The largest absolute Gasteiger partial charge is 0.456 e. The minimum Gasteiger partial charge on any atom is -0.456 e. The molecule has 3 heteroatoms. The molecule has 8 aromatic carbocycles. The quantitative estimate of drug-likeness (QED) is 0.180. The van der Waals surface area contributed by atoms with Crippen molar-refractivity contribution >= 4 is 60.9 Å². The Balaban J connectivity index is 1.21. The maximum Gasteiger partial charge on any atom is 0.143 e. The predicted octanol–water partition coefficient (Wildman–Crippen LogP) is 14.6. The van der Waals surface area contributed by atoms with Crippen LogP contribution in [-0.2, 0) is 5.41 Å². The summed E-state index contributed by atoms with van der Waals surface area (Å²) in [5.41, 5.74) is 16.2. The van der Waals surface area contributed by atoms with Crippen LogP contribution in [0.3, 0.4) is 0 Å². The van der Waals surface area contributed by atoms with Gasteiger partial charge in [-0.3, -0.25) is 0 Å². The summed E-state index contributed by atoms with van der Waals surface area (Å²) in [6, 6.07) is 63.0. The number of benzene rings is 8. The lowest BCUT2D eigenvalue weighted by molar-refractivity contribution is 0.660. The lowest BCUT2D eigenvalue weighted by Crippen LogP contribution is -2.17. The molecule has 0 N–H and O–H groups in total. The monoisotopic (exact) mass is 693 g/mol. The van der Waals surface area contributed by atoms with Gasteiger partial charge in [-0.05, 0) is 75.8 Å². The summed E-state index contributed by atoms with van der Waals surface area (Å²) >= 11 is 0. The van der Waals surface area contributed by atoms with Crippen LogP contribution in [0.25, 0.3) is 77.3 Å². The number of hydrogen-bond acceptors (Lipinski definition) is 3. The minimum absolute atomic E-state index is 0.162. The Morgan fingerprint density at radius 1 is 0.389 bits per heavy atom. The predicted molar refractivity (Wildman–Crippen MR) is 224 cm³/mol. The van der Waals surface area contributed by atoms with E-state index in [0.29, 0.717) is 0 Å². The number of rotatable bonds is 5. The van der Waals surface area contributed by atoms with E-state index in [-0.39, 0.29) is 5.41 Å². The Hall–Kier alpha value is -6.84. The van der Waals surface area contributed by atoms with Crippen molar-refractivity contribution in [1.82, 2.24) is 0 Å². The van der Waals surface area contributed by atoms with Crippen LogP contribution in [0.5, 0.6) is 0 Å². The summed E-state index contributed by atoms with van der Waals surface area (Å²) in [5.74, 6) is 0. The summed E-state index contributed by atoms with van der Waals surface area (Å²) in [4.78, 5) is 2.41. The first-order chi connectivity index (χ1) is 26.5. The Morgan fingerprint density at radius 3 is 1.85 bits per heavy atom. The Morgan fingerprint density at radius 2 is 1.00 bits per heavy atom. The molecule has 0 aliphatic heterocycles. The third-order valence-electron chi connectivity index (χ3n) is 11.5. The molecular formula is C51H35NO2. The molecule has 2 heterocycles. The Labute approximate surface area is 313 Å². The SMILES string of the molecule is CC1(C)c2ccccc2-c2ccc(N(c3ccc4c(c3)oc3ccccc34)c3cc(-c4ccccc4)ccc3-c3cccc4c3oc3ccccc34)cc21. The third-order valence-corrected chi connectivity index (χ3v) is 11.5. The Kier molecular flexibility index (Phi) is 6.60. The topological polar surface area (TPSA) is 29.5 Å². The normalized spacial score (nSPS) is 13.1. The van der Waals surface area contributed by atoms with Crippen LogP contribution in [-0.4, -0.2) is 0 Å². The fraction of sp³-hybridized carbons (Fsp3) is 0.0588. The van der Waals surface area contributed by atoms with Crippen LogP contribution >= 0.6 is 0 Å². The van der Waals surface area contributed by atoms with Gasteiger partial charge in [-0.25, -0.2) is 0 Å². The molecular weight excluding hydrogens is 659 g/mol. The molecule has 0 radical (unpaired) electrons. The molecule has 3 nitrogen and oxygen atoms in total. The molecule has 0 spiro atoms. The van der Waals surface area contributed by atoms with E-state index in [9.17, 15) is 0 Å². The van der Waals surface area contributed by atoms with Gasteiger partial charge >= 0.3 is 0 Å². The fourth-order valence-corrected chi connectivity index (χ4v) is 8.83. The summed E-state index contributed by atoms with van der Waals surface area (Å²) in [5, 5.41) is 4.44. The molecule has 10 aromatic rings. The Bertz CT molecular complexity index is 3090. The molecule has 0 amide bonds. The van der Waals surface area contributed by atoms with E-state index in [4.69, 9.17) is 8.83 Å². The van der Waals surface area contributed by atoms with Gasteiger partial charge in [-0.1, -0.05) is 141 Å². The van der Waals surface area contributed by atoms with Gasteiger partial charge in [-0.15, -0.1) is 0 Å². The van der Waals surface area contributed by atoms with E-state index in [1.807, 2.05) is 18.2 Å². The number of para-hydroxylation sites is 3. The van der Waals surface area contributed by atoms with Crippen molar-refractivity contribution < 1.29 is 8.83 Å². The fourth-order valence-electron chi connectivity index (χ4n) is 8.83. The van der Waals surface area contributed by atoms with Crippen molar-refractivity contribution in [2.45, 2.75) is 19.3 Å². The summed E-state index contributed by atoms with van der Waals surface area (Å²) < 4.78 is 13.2. The zero-order valence-corrected chi connectivity index (χ0v) is 30.0. The van der Waals surface area contributed by atoms with Crippen molar-refractivity contribution in [2.75, 3.05) is 4.90 Å². The van der Waals surface area contributed by atoms with Gasteiger partial charge in [0.25, 0.3) is 0 Å². The molecule has 0 saturated heterocycles. The molecule has 1 aliphatic carbocycles. The van der Waals surface area contributed by atoms with E-state index in [0.717, 1.165) is 83.2 Å². The molecule has 0 saturated carbocycles. The maximum absolute atomic E-state index is 6.68. The van der Waals surface area contributed by atoms with Gasteiger partial charge in [0.1, 0.15) is 22.3 Å². The number of furan rings is 2. The zero-order valence-electron chi connectivity index (χ0n) is 30.0. The van der Waals surface area contributed by atoms with Crippen LogP contribution in [0.2, 0.25) is 0 Å². The first kappa shape index (κ1) is 30.8. The standard InChI is InChI=1S/C51H35NO2/c1-51(2)44-20-9-6-15-36(44)37-27-24-34(30-45(37)51)52(35-25-28-41-39-16-7-10-21-47(39)53-49(41)31-35)46-29-33(32-13-4-3-5-14-32)23-26-38(46)42-18-12-19-43-40-17-8-11-22-48(40)54-50(42)43/h3-31H,1-2H3. The van der Waals surface area contributed by atoms with E-state index in [1.54, 1.807) is 0 Å². The van der Waals surface area contributed by atoms with E-state index in [2.05, 4.69) is 176 Å². The third kappa shape index (κ3) is 4.55. The highest BCUT2D eigenvalue weighted by atomic mass is 16.3. The summed E-state index contributed by atoms with van der Waals surface area (Å²) in [7, 11) is 0. The van der Waals surface area contributed by atoms with E-state index >= 15 is 0 Å². The van der Waals surface area contributed by atoms with Crippen molar-refractivity contribution in [3.8, 4) is 33.4 Å². The second kappa shape index (κ2) is 11.6. The number of anilines is 3. The van der Waals surface area contributed by atoms with Gasteiger partial charge in [0.2, 0.25) is 0 Å². The molecule has 0 unspecified atom stereocenters. The highest BCUT2D eigenvalue weighted by molar-refractivity contribution is 6.11. The van der Waals surface area contributed by atoms with E-state index in [1.165, 1.54) is 22.3 Å². The molecule has 0 atom stereocenters. The lowest BCUT2D eigenvalue weighted by atomic mass is 9.82. The zero-order chi connectivity index (χ0) is 36.0. The summed E-state index contributed by atoms with van der Waals surface area (Å²) in [6.07, 6.45) is 0. The molecule has 54 heavy (non-hydrogen) atoms. The van der Waals surface area contributed by atoms with Crippen LogP contribution < -0.4 is 4.90 Å². The number of hydrogen-bond donors (Lipinski definition) is 0. The molecule has 0 bridgehead atoms. The molecule has 256 valence electrons. The van der Waals surface area contributed by atoms with Gasteiger partial charge in [0.15, 0.2) is 0 Å². The minimum atomic E-state index is -0.162. The smallest absolute Gasteiger partial charge is 0.143 e. The molecule has 2 aromatic heterocycles. The average Bonchev–Trinajstić information content (AvgIpc) is 3.86. The number of nitrogens with zero attached hydrogens (tertiary/aromatic N) is 1. The molecule has 0 fully saturated rings. The lowest BCUT2D eigenvalue weighted by Gasteiger charge is -2.30. The second-order valence-electron chi connectivity index (χ2n) is 14.9. The van der Waals surface area contributed by atoms with E-state index < -0.39 is 0 Å². The second-order valence-corrected chi connectivity index (χ2v) is 14.9. The highest BCUT2D eigenvalue weighted by Crippen LogP contribution is 2.52. The van der Waals surface area contributed by atoms with Crippen molar-refractivity contribution in [2.24, 2.45) is 0 Å². The van der Waals surface area contributed by atoms with Crippen molar-refractivity contribution in [3.05, 3.63) is 187 Å². The van der Waals surface area contributed by atoms with Gasteiger partial charge < -0.3 is 13.7 Å². The maximum atomic E-state index is 6.68. The van der Waals surface area contributed by atoms with Gasteiger partial charge in [0, 0.05) is 55.5 Å². The number of fused-ring (bicyclic) bond motifs is 9.